The van der Waals surface area contributed by atoms with E-state index < -0.39 is 0 Å². The molecule has 5 heteroatoms. The van der Waals surface area contributed by atoms with E-state index in [-0.39, 0.29) is 11.8 Å². The quantitative estimate of drug-likeness (QED) is 0.748. The molecule has 0 aromatic carbocycles. The Hall–Kier alpha value is -0.320. The Bertz CT molecular complexity index is 278. The summed E-state index contributed by atoms with van der Waals surface area (Å²) in [4.78, 5) is 16.7. The molecule has 1 N–H and O–H groups in total. The average Bonchev–Trinajstić information content (AvgIpc) is 2.39. The van der Waals surface area contributed by atoms with E-state index in [1.54, 1.807) is 0 Å². The van der Waals surface area contributed by atoms with E-state index in [1.165, 1.54) is 0 Å². The fourth-order valence-corrected chi connectivity index (χ4v) is 2.53. The van der Waals surface area contributed by atoms with Crippen molar-refractivity contribution in [3.63, 3.8) is 0 Å². The van der Waals surface area contributed by atoms with Crippen LogP contribution in [-0.4, -0.2) is 67.4 Å². The second kappa shape index (κ2) is 8.08. The van der Waals surface area contributed by atoms with Gasteiger partial charge in [-0.15, -0.1) is 11.6 Å². The third kappa shape index (κ3) is 5.28. The van der Waals surface area contributed by atoms with Crippen LogP contribution in [0.1, 0.15) is 20.8 Å². The van der Waals surface area contributed by atoms with Gasteiger partial charge in [0.25, 0.3) is 0 Å². The summed E-state index contributed by atoms with van der Waals surface area (Å²) in [5.41, 5.74) is 0. The Morgan fingerprint density at radius 3 is 2.26 bits per heavy atom. The van der Waals surface area contributed by atoms with Gasteiger partial charge in [0.05, 0.1) is 0 Å². The molecule has 0 saturated carbocycles. The van der Waals surface area contributed by atoms with Gasteiger partial charge in [0.15, 0.2) is 0 Å². The number of amides is 1. The average molecular weight is 290 g/mol. The number of carbonyl (C=O) groups excluding carboxylic acids is 1. The number of piperazine rings is 1. The molecule has 19 heavy (non-hydrogen) atoms. The largest absolute Gasteiger partial charge is 0.354 e. The van der Waals surface area contributed by atoms with Gasteiger partial charge in [-0.2, -0.15) is 0 Å². The van der Waals surface area contributed by atoms with Crippen molar-refractivity contribution in [1.29, 1.82) is 0 Å². The number of nitrogens with zero attached hydrogens (tertiary/aromatic N) is 2. The van der Waals surface area contributed by atoms with Crippen LogP contribution in [0, 0.1) is 11.8 Å². The summed E-state index contributed by atoms with van der Waals surface area (Å²) in [6.07, 6.45) is 0. The second-order valence-electron chi connectivity index (χ2n) is 5.95. The van der Waals surface area contributed by atoms with E-state index in [4.69, 9.17) is 11.6 Å². The molecule has 1 rings (SSSR count). The third-order valence-corrected chi connectivity index (χ3v) is 4.40. The number of nitrogens with one attached hydrogen (secondary N) is 1. The number of rotatable bonds is 6. The third-order valence-electron chi connectivity index (χ3n) is 3.94. The maximum absolute atomic E-state index is 11.8. The van der Waals surface area contributed by atoms with Crippen LogP contribution in [-0.2, 0) is 4.79 Å². The standard InChI is InChI=1S/C14H28ClN3O/c1-11(2)13(10-16-14(19)12(3)9-15)18-7-5-17(4)6-8-18/h11-13H,5-10H2,1-4H3,(H,16,19). The van der Waals surface area contributed by atoms with Crippen molar-refractivity contribution in [2.45, 2.75) is 26.8 Å². The molecular weight excluding hydrogens is 262 g/mol. The lowest BCUT2D eigenvalue weighted by atomic mass is 10.0. The summed E-state index contributed by atoms with van der Waals surface area (Å²) in [6.45, 7) is 11.4. The van der Waals surface area contributed by atoms with Crippen molar-refractivity contribution in [3.05, 3.63) is 0 Å². The molecule has 112 valence electrons. The highest BCUT2D eigenvalue weighted by molar-refractivity contribution is 6.19. The summed E-state index contributed by atoms with van der Waals surface area (Å²) < 4.78 is 0. The van der Waals surface area contributed by atoms with E-state index in [0.29, 0.717) is 17.8 Å². The molecule has 0 bridgehead atoms. The van der Waals surface area contributed by atoms with Crippen LogP contribution >= 0.6 is 11.6 Å². The van der Waals surface area contributed by atoms with E-state index >= 15 is 0 Å². The van der Waals surface area contributed by atoms with Crippen molar-refractivity contribution >= 4 is 17.5 Å². The fraction of sp³-hybridized carbons (Fsp3) is 0.929. The molecule has 0 aromatic heterocycles. The van der Waals surface area contributed by atoms with Crippen molar-refractivity contribution in [2.24, 2.45) is 11.8 Å². The van der Waals surface area contributed by atoms with Crippen LogP contribution in [0.4, 0.5) is 0 Å². The smallest absolute Gasteiger partial charge is 0.224 e. The van der Waals surface area contributed by atoms with Crippen molar-refractivity contribution in [3.8, 4) is 0 Å². The van der Waals surface area contributed by atoms with Crippen molar-refractivity contribution in [2.75, 3.05) is 45.7 Å². The molecule has 2 unspecified atom stereocenters. The highest BCUT2D eigenvalue weighted by Gasteiger charge is 2.25. The molecule has 1 aliphatic rings. The lowest BCUT2D eigenvalue weighted by Crippen LogP contribution is -2.54. The predicted octanol–water partition coefficient (Wildman–Crippen LogP) is 1.25. The van der Waals surface area contributed by atoms with Crippen molar-refractivity contribution in [1.82, 2.24) is 15.1 Å². The monoisotopic (exact) mass is 289 g/mol. The highest BCUT2D eigenvalue weighted by atomic mass is 35.5. The number of hydrogen-bond donors (Lipinski definition) is 1. The number of hydrogen-bond acceptors (Lipinski definition) is 3. The lowest BCUT2D eigenvalue weighted by molar-refractivity contribution is -0.124. The molecule has 1 fully saturated rings. The SMILES string of the molecule is CC(CCl)C(=O)NCC(C(C)C)N1CCN(C)CC1. The van der Waals surface area contributed by atoms with Gasteiger partial charge in [0, 0.05) is 50.6 Å². The molecular formula is C14H28ClN3O. The minimum Gasteiger partial charge on any atom is -0.354 e. The zero-order chi connectivity index (χ0) is 14.4. The summed E-state index contributed by atoms with van der Waals surface area (Å²) in [5, 5.41) is 3.04. The first kappa shape index (κ1) is 16.7. The maximum atomic E-state index is 11.8. The molecule has 4 nitrogen and oxygen atoms in total. The molecule has 2 atom stereocenters. The first-order valence-corrected chi connectivity index (χ1v) is 7.75. The van der Waals surface area contributed by atoms with Gasteiger partial charge in [-0.25, -0.2) is 0 Å². The molecule has 1 saturated heterocycles. The molecule has 0 spiro atoms. The Balaban J connectivity index is 2.47. The number of likely N-dealkylation sites (N-methyl/N-ethyl adjacent to an activating group) is 1. The summed E-state index contributed by atoms with van der Waals surface area (Å²) in [6, 6.07) is 0.417. The fourth-order valence-electron chi connectivity index (χ4n) is 2.39. The van der Waals surface area contributed by atoms with Gasteiger partial charge in [-0.05, 0) is 13.0 Å². The van der Waals surface area contributed by atoms with E-state index in [0.717, 1.165) is 32.7 Å². The highest BCUT2D eigenvalue weighted by Crippen LogP contribution is 2.13. The van der Waals surface area contributed by atoms with Gasteiger partial charge in [-0.3, -0.25) is 9.69 Å². The first-order valence-electron chi connectivity index (χ1n) is 7.22. The van der Waals surface area contributed by atoms with Crippen LogP contribution in [0.5, 0.6) is 0 Å². The number of alkyl halides is 1. The van der Waals surface area contributed by atoms with E-state index in [2.05, 4.69) is 36.0 Å². The molecule has 0 aliphatic carbocycles. The van der Waals surface area contributed by atoms with Crippen LogP contribution in [0.15, 0.2) is 0 Å². The Kier molecular flexibility index (Phi) is 7.11. The predicted molar refractivity (Wildman–Crippen MR) is 80.6 cm³/mol. The molecule has 1 amide bonds. The van der Waals surface area contributed by atoms with Crippen LogP contribution < -0.4 is 5.32 Å². The molecule has 1 heterocycles. The number of carbonyl (C=O) groups is 1. The lowest BCUT2D eigenvalue weighted by Gasteiger charge is -2.40. The van der Waals surface area contributed by atoms with Crippen molar-refractivity contribution < 1.29 is 4.79 Å². The zero-order valence-electron chi connectivity index (χ0n) is 12.7. The number of halogens is 1. The van der Waals surface area contributed by atoms with Gasteiger partial charge in [0.2, 0.25) is 5.91 Å². The van der Waals surface area contributed by atoms with Crippen LogP contribution in [0.3, 0.4) is 0 Å². The molecule has 1 aliphatic heterocycles. The van der Waals surface area contributed by atoms with Crippen LogP contribution in [0.25, 0.3) is 0 Å². The van der Waals surface area contributed by atoms with Gasteiger partial charge < -0.3 is 10.2 Å². The summed E-state index contributed by atoms with van der Waals surface area (Å²) >= 11 is 5.71. The Morgan fingerprint density at radius 2 is 1.79 bits per heavy atom. The summed E-state index contributed by atoms with van der Waals surface area (Å²) in [5.74, 6) is 0.874. The Labute approximate surface area is 122 Å². The normalized spacial score (nSPS) is 21.4. The van der Waals surface area contributed by atoms with Gasteiger partial charge in [-0.1, -0.05) is 20.8 Å². The van der Waals surface area contributed by atoms with Gasteiger partial charge in [0.1, 0.15) is 0 Å². The van der Waals surface area contributed by atoms with Gasteiger partial charge >= 0.3 is 0 Å². The molecule has 0 aromatic rings. The summed E-state index contributed by atoms with van der Waals surface area (Å²) in [7, 11) is 2.16. The van der Waals surface area contributed by atoms with E-state index in [1.807, 2.05) is 6.92 Å². The zero-order valence-corrected chi connectivity index (χ0v) is 13.4. The Morgan fingerprint density at radius 1 is 1.21 bits per heavy atom. The second-order valence-corrected chi connectivity index (χ2v) is 6.26. The topological polar surface area (TPSA) is 35.6 Å². The minimum atomic E-state index is -0.109. The first-order chi connectivity index (χ1) is 8.95. The maximum Gasteiger partial charge on any atom is 0.224 e. The van der Waals surface area contributed by atoms with E-state index in [9.17, 15) is 4.79 Å². The molecule has 0 radical (unpaired) electrons. The minimum absolute atomic E-state index is 0.0646. The van der Waals surface area contributed by atoms with Crippen LogP contribution in [0.2, 0.25) is 0 Å².